The van der Waals surface area contributed by atoms with Gasteiger partial charge in [-0.2, -0.15) is 0 Å². The van der Waals surface area contributed by atoms with Gasteiger partial charge in [0.2, 0.25) is 0 Å². The highest BCUT2D eigenvalue weighted by Crippen LogP contribution is 2.26. The number of para-hydroxylation sites is 2. The van der Waals surface area contributed by atoms with Crippen molar-refractivity contribution in [1.29, 1.82) is 0 Å². The summed E-state index contributed by atoms with van der Waals surface area (Å²) in [6.45, 7) is 0.853. The monoisotopic (exact) mass is 392 g/mol. The molecule has 0 aliphatic rings. The molecule has 0 fully saturated rings. The van der Waals surface area contributed by atoms with E-state index in [-0.39, 0.29) is 6.04 Å². The standard InChI is InChI=1S/C28H28N2/c1-5-13-23(14-6-1)21-28(30-26-19-11-4-12-20-26)27(24-15-7-2-8-16-24)22-29-25-17-9-3-10-18-25/h1-20,27-30H,21-22H2. The molecule has 4 rings (SSSR count). The molecule has 30 heavy (non-hydrogen) atoms. The van der Waals surface area contributed by atoms with Gasteiger partial charge in [0.05, 0.1) is 0 Å². The van der Waals surface area contributed by atoms with Gasteiger partial charge in [-0.25, -0.2) is 0 Å². The van der Waals surface area contributed by atoms with E-state index in [0.717, 1.165) is 24.3 Å². The fourth-order valence-electron chi connectivity index (χ4n) is 3.89. The van der Waals surface area contributed by atoms with Crippen molar-refractivity contribution in [3.8, 4) is 0 Å². The number of rotatable bonds is 9. The van der Waals surface area contributed by atoms with Gasteiger partial charge >= 0.3 is 0 Å². The number of anilines is 2. The molecule has 2 nitrogen and oxygen atoms in total. The minimum absolute atomic E-state index is 0.244. The van der Waals surface area contributed by atoms with Crippen LogP contribution in [0.1, 0.15) is 17.0 Å². The lowest BCUT2D eigenvalue weighted by atomic mass is 9.87. The van der Waals surface area contributed by atoms with Crippen molar-refractivity contribution in [3.05, 3.63) is 132 Å². The van der Waals surface area contributed by atoms with Gasteiger partial charge in [-0.15, -0.1) is 0 Å². The smallest absolute Gasteiger partial charge is 0.0387 e. The lowest BCUT2D eigenvalue weighted by molar-refractivity contribution is 0.579. The van der Waals surface area contributed by atoms with Crippen LogP contribution in [0.2, 0.25) is 0 Å². The quantitative estimate of drug-likeness (QED) is 0.335. The maximum Gasteiger partial charge on any atom is 0.0387 e. The first-order valence-corrected chi connectivity index (χ1v) is 10.6. The molecule has 2 N–H and O–H groups in total. The van der Waals surface area contributed by atoms with Gasteiger partial charge in [0.25, 0.3) is 0 Å². The molecule has 0 spiro atoms. The van der Waals surface area contributed by atoms with Crippen molar-refractivity contribution in [2.45, 2.75) is 18.4 Å². The molecule has 0 aromatic heterocycles. The van der Waals surface area contributed by atoms with Crippen molar-refractivity contribution in [2.75, 3.05) is 17.2 Å². The van der Waals surface area contributed by atoms with Crippen molar-refractivity contribution >= 4 is 11.4 Å². The van der Waals surface area contributed by atoms with Crippen LogP contribution in [0.4, 0.5) is 11.4 Å². The van der Waals surface area contributed by atoms with E-state index in [2.05, 4.69) is 132 Å². The third-order valence-corrected chi connectivity index (χ3v) is 5.44. The van der Waals surface area contributed by atoms with Gasteiger partial charge in [0, 0.05) is 29.9 Å². The van der Waals surface area contributed by atoms with Gasteiger partial charge in [-0.05, 0) is 41.8 Å². The van der Waals surface area contributed by atoms with E-state index in [1.807, 2.05) is 0 Å². The second-order valence-corrected chi connectivity index (χ2v) is 7.57. The summed E-state index contributed by atoms with van der Waals surface area (Å²) in [5.41, 5.74) is 4.98. The van der Waals surface area contributed by atoms with Crippen LogP contribution in [-0.2, 0) is 6.42 Å². The SMILES string of the molecule is c1ccc(CC(Nc2ccccc2)C(CNc2ccccc2)c2ccccc2)cc1. The van der Waals surface area contributed by atoms with E-state index >= 15 is 0 Å². The van der Waals surface area contributed by atoms with Crippen LogP contribution in [-0.4, -0.2) is 12.6 Å². The molecule has 0 aliphatic carbocycles. The van der Waals surface area contributed by atoms with E-state index in [1.165, 1.54) is 11.1 Å². The highest BCUT2D eigenvalue weighted by Gasteiger charge is 2.23. The Kier molecular flexibility index (Phi) is 6.80. The first kappa shape index (κ1) is 19.8. The van der Waals surface area contributed by atoms with Crippen molar-refractivity contribution < 1.29 is 0 Å². The summed E-state index contributed by atoms with van der Waals surface area (Å²) in [6.07, 6.45) is 0.950. The normalized spacial score (nSPS) is 12.7. The van der Waals surface area contributed by atoms with Crippen LogP contribution < -0.4 is 10.6 Å². The van der Waals surface area contributed by atoms with Crippen molar-refractivity contribution in [1.82, 2.24) is 0 Å². The molecule has 0 aliphatic heterocycles. The zero-order chi connectivity index (χ0) is 20.4. The first-order chi connectivity index (χ1) is 14.9. The Hall–Kier alpha value is -3.52. The molecule has 150 valence electrons. The summed E-state index contributed by atoms with van der Waals surface area (Å²) in [5.74, 6) is 0.298. The topological polar surface area (TPSA) is 24.1 Å². The number of nitrogens with one attached hydrogen (secondary N) is 2. The minimum atomic E-state index is 0.244. The maximum atomic E-state index is 3.82. The van der Waals surface area contributed by atoms with Crippen molar-refractivity contribution in [2.24, 2.45) is 0 Å². The lowest BCUT2D eigenvalue weighted by Gasteiger charge is -2.30. The Morgan fingerprint density at radius 2 is 1.03 bits per heavy atom. The fourth-order valence-corrected chi connectivity index (χ4v) is 3.89. The van der Waals surface area contributed by atoms with Gasteiger partial charge in [-0.1, -0.05) is 97.1 Å². The Morgan fingerprint density at radius 1 is 0.533 bits per heavy atom. The molecule has 4 aromatic carbocycles. The van der Waals surface area contributed by atoms with Crippen molar-refractivity contribution in [3.63, 3.8) is 0 Å². The van der Waals surface area contributed by atoms with E-state index in [1.54, 1.807) is 0 Å². The van der Waals surface area contributed by atoms with Crippen LogP contribution >= 0.6 is 0 Å². The van der Waals surface area contributed by atoms with Gasteiger partial charge in [-0.3, -0.25) is 0 Å². The molecule has 0 amide bonds. The summed E-state index contributed by atoms with van der Waals surface area (Å²) in [5, 5.41) is 7.48. The summed E-state index contributed by atoms with van der Waals surface area (Å²) in [4.78, 5) is 0. The second-order valence-electron chi connectivity index (χ2n) is 7.57. The summed E-state index contributed by atoms with van der Waals surface area (Å²) in [6, 6.07) is 42.8. The average Bonchev–Trinajstić information content (AvgIpc) is 2.82. The van der Waals surface area contributed by atoms with Gasteiger partial charge in [0.1, 0.15) is 0 Å². The highest BCUT2D eigenvalue weighted by atomic mass is 15.0. The van der Waals surface area contributed by atoms with Crippen LogP contribution in [0.3, 0.4) is 0 Å². The van der Waals surface area contributed by atoms with E-state index in [0.29, 0.717) is 5.92 Å². The molecular weight excluding hydrogens is 364 g/mol. The summed E-state index contributed by atoms with van der Waals surface area (Å²) >= 11 is 0. The second kappa shape index (κ2) is 10.3. The van der Waals surface area contributed by atoms with Gasteiger partial charge < -0.3 is 10.6 Å². The third-order valence-electron chi connectivity index (χ3n) is 5.44. The predicted octanol–water partition coefficient (Wildman–Crippen LogP) is 6.61. The molecule has 0 heterocycles. The lowest BCUT2D eigenvalue weighted by Crippen LogP contribution is -2.34. The van der Waals surface area contributed by atoms with Gasteiger partial charge in [0.15, 0.2) is 0 Å². The van der Waals surface area contributed by atoms with E-state index in [9.17, 15) is 0 Å². The molecule has 0 saturated carbocycles. The maximum absolute atomic E-state index is 3.82. The number of hydrogen-bond acceptors (Lipinski definition) is 2. The predicted molar refractivity (Wildman–Crippen MR) is 128 cm³/mol. The Labute approximate surface area is 179 Å². The average molecular weight is 393 g/mol. The Balaban J connectivity index is 1.63. The molecule has 0 bridgehead atoms. The molecule has 0 radical (unpaired) electrons. The summed E-state index contributed by atoms with van der Waals surface area (Å²) in [7, 11) is 0. The third kappa shape index (κ3) is 5.51. The molecule has 2 heteroatoms. The zero-order valence-electron chi connectivity index (χ0n) is 17.1. The first-order valence-electron chi connectivity index (χ1n) is 10.6. The van der Waals surface area contributed by atoms with Crippen LogP contribution in [0.15, 0.2) is 121 Å². The molecular formula is C28H28N2. The molecule has 4 aromatic rings. The van der Waals surface area contributed by atoms with E-state index in [4.69, 9.17) is 0 Å². The largest absolute Gasteiger partial charge is 0.384 e. The fraction of sp³-hybridized carbons (Fsp3) is 0.143. The molecule has 2 unspecified atom stereocenters. The van der Waals surface area contributed by atoms with Crippen LogP contribution in [0.5, 0.6) is 0 Å². The number of benzene rings is 4. The van der Waals surface area contributed by atoms with Crippen LogP contribution in [0.25, 0.3) is 0 Å². The number of hydrogen-bond donors (Lipinski definition) is 2. The Bertz CT molecular complexity index is 944. The van der Waals surface area contributed by atoms with Crippen LogP contribution in [0, 0.1) is 0 Å². The molecule has 2 atom stereocenters. The molecule has 0 saturated heterocycles. The zero-order valence-corrected chi connectivity index (χ0v) is 17.1. The Morgan fingerprint density at radius 3 is 1.63 bits per heavy atom. The van der Waals surface area contributed by atoms with E-state index < -0.39 is 0 Å². The summed E-state index contributed by atoms with van der Waals surface area (Å²) < 4.78 is 0. The highest BCUT2D eigenvalue weighted by molar-refractivity contribution is 5.47. The minimum Gasteiger partial charge on any atom is -0.384 e.